The fourth-order valence-electron chi connectivity index (χ4n) is 1.86. The van der Waals surface area contributed by atoms with Crippen molar-refractivity contribution < 1.29 is 32.6 Å². The lowest BCUT2D eigenvalue weighted by Gasteiger charge is -2.20. The summed E-state index contributed by atoms with van der Waals surface area (Å²) in [7, 11) is 0. The lowest BCUT2D eigenvalue weighted by molar-refractivity contribution is -0.274. The number of rotatable bonds is 5. The van der Waals surface area contributed by atoms with Crippen molar-refractivity contribution in [3.8, 4) is 5.75 Å². The average molecular weight is 303 g/mol. The van der Waals surface area contributed by atoms with Crippen LogP contribution in [0.5, 0.6) is 5.75 Å². The number of hydrogen-bond donors (Lipinski definition) is 1. The number of nitrogens with zero attached hydrogens (tertiary/aromatic N) is 1. The number of carbonyl (C=O) groups excluding carboxylic acids is 1. The Morgan fingerprint density at radius 1 is 1.24 bits per heavy atom. The lowest BCUT2D eigenvalue weighted by atomic mass is 10.2. The summed E-state index contributed by atoms with van der Waals surface area (Å²) in [6.45, 7) is -0.426. The number of halogens is 3. The Morgan fingerprint density at radius 3 is 2.24 bits per heavy atom. The summed E-state index contributed by atoms with van der Waals surface area (Å²) in [6, 6.07) is 4.29. The highest BCUT2D eigenvalue weighted by atomic mass is 19.4. The van der Waals surface area contributed by atoms with Gasteiger partial charge in [-0.3, -0.25) is 9.59 Å². The molecule has 1 N–H and O–H groups in total. The summed E-state index contributed by atoms with van der Waals surface area (Å²) in [5.74, 6) is -2.08. The van der Waals surface area contributed by atoms with Gasteiger partial charge in [0.1, 0.15) is 12.3 Å². The highest BCUT2D eigenvalue weighted by Crippen LogP contribution is 2.29. The minimum Gasteiger partial charge on any atom is -0.480 e. The van der Waals surface area contributed by atoms with E-state index in [1.807, 2.05) is 0 Å². The molecule has 1 aromatic rings. The van der Waals surface area contributed by atoms with Gasteiger partial charge < -0.3 is 14.7 Å². The summed E-state index contributed by atoms with van der Waals surface area (Å²) >= 11 is 0. The number of carboxylic acid groups (broad SMARTS) is 1. The van der Waals surface area contributed by atoms with E-state index in [-0.39, 0.29) is 11.6 Å². The van der Waals surface area contributed by atoms with E-state index in [9.17, 15) is 22.8 Å². The molecule has 0 saturated heterocycles. The molecule has 8 heteroatoms. The molecular formula is C13H12F3NO4. The summed E-state index contributed by atoms with van der Waals surface area (Å²) in [5, 5.41) is 8.79. The van der Waals surface area contributed by atoms with Crippen molar-refractivity contribution in [1.82, 2.24) is 4.90 Å². The molecule has 1 fully saturated rings. The molecule has 0 aliphatic heterocycles. The highest BCUT2D eigenvalue weighted by molar-refractivity contribution is 5.96. The highest BCUT2D eigenvalue weighted by Gasteiger charge is 2.34. The van der Waals surface area contributed by atoms with E-state index in [4.69, 9.17) is 5.11 Å². The first kappa shape index (κ1) is 15.1. The maximum absolute atomic E-state index is 12.2. The monoisotopic (exact) mass is 303 g/mol. The Kier molecular flexibility index (Phi) is 4.06. The third-order valence-corrected chi connectivity index (χ3v) is 2.89. The fraction of sp³-hybridized carbons (Fsp3) is 0.385. The van der Waals surface area contributed by atoms with Gasteiger partial charge in [-0.05, 0) is 37.1 Å². The number of hydrogen-bond acceptors (Lipinski definition) is 3. The maximum atomic E-state index is 12.2. The van der Waals surface area contributed by atoms with Gasteiger partial charge in [-0.2, -0.15) is 0 Å². The smallest absolute Gasteiger partial charge is 0.480 e. The number of carboxylic acids is 1. The molecule has 1 aliphatic rings. The predicted molar refractivity (Wildman–Crippen MR) is 64.8 cm³/mol. The van der Waals surface area contributed by atoms with Crippen molar-refractivity contribution >= 4 is 11.9 Å². The van der Waals surface area contributed by atoms with Gasteiger partial charge in [0.15, 0.2) is 0 Å². The van der Waals surface area contributed by atoms with Crippen LogP contribution in [-0.2, 0) is 4.79 Å². The Labute approximate surface area is 117 Å². The predicted octanol–water partition coefficient (Wildman–Crippen LogP) is 2.27. The molecule has 2 rings (SSSR count). The van der Waals surface area contributed by atoms with E-state index in [1.165, 1.54) is 17.0 Å². The molecule has 0 spiro atoms. The van der Waals surface area contributed by atoms with E-state index in [2.05, 4.69) is 4.74 Å². The minimum atomic E-state index is -4.80. The first-order chi connectivity index (χ1) is 9.76. The van der Waals surface area contributed by atoms with Gasteiger partial charge in [-0.1, -0.05) is 0 Å². The van der Waals surface area contributed by atoms with Crippen LogP contribution in [0.3, 0.4) is 0 Å². The molecule has 1 aliphatic carbocycles. The van der Waals surface area contributed by atoms with Crippen molar-refractivity contribution in [1.29, 1.82) is 0 Å². The minimum absolute atomic E-state index is 0.111. The van der Waals surface area contributed by atoms with Crippen LogP contribution >= 0.6 is 0 Å². The third kappa shape index (κ3) is 4.37. The van der Waals surface area contributed by atoms with Crippen molar-refractivity contribution in [2.75, 3.05) is 6.54 Å². The third-order valence-electron chi connectivity index (χ3n) is 2.89. The number of benzene rings is 1. The van der Waals surface area contributed by atoms with E-state index in [1.54, 1.807) is 0 Å². The first-order valence-electron chi connectivity index (χ1n) is 6.15. The molecule has 0 radical (unpaired) electrons. The summed E-state index contributed by atoms with van der Waals surface area (Å²) < 4.78 is 39.8. The largest absolute Gasteiger partial charge is 0.573 e. The molecule has 21 heavy (non-hydrogen) atoms. The molecule has 1 saturated carbocycles. The first-order valence-corrected chi connectivity index (χ1v) is 6.15. The number of carbonyl (C=O) groups is 2. The van der Waals surface area contributed by atoms with Gasteiger partial charge in [0.25, 0.3) is 5.91 Å². The zero-order chi connectivity index (χ0) is 15.6. The Hall–Kier alpha value is -2.25. The van der Waals surface area contributed by atoms with E-state index in [0.29, 0.717) is 0 Å². The van der Waals surface area contributed by atoms with Crippen LogP contribution in [0.2, 0.25) is 0 Å². The van der Waals surface area contributed by atoms with E-state index in [0.717, 1.165) is 25.0 Å². The molecule has 0 unspecified atom stereocenters. The number of amides is 1. The van der Waals surface area contributed by atoms with Crippen LogP contribution in [0.4, 0.5) is 13.2 Å². The fourth-order valence-corrected chi connectivity index (χ4v) is 1.86. The van der Waals surface area contributed by atoms with Gasteiger partial charge in [0, 0.05) is 11.6 Å². The molecule has 114 valence electrons. The molecule has 0 heterocycles. The zero-order valence-electron chi connectivity index (χ0n) is 10.8. The SMILES string of the molecule is O=C(O)CN(C(=O)c1ccc(OC(F)(F)F)cc1)C1CC1. The average Bonchev–Trinajstić information content (AvgIpc) is 3.18. The molecule has 5 nitrogen and oxygen atoms in total. The quantitative estimate of drug-likeness (QED) is 0.906. The van der Waals surface area contributed by atoms with Gasteiger partial charge in [-0.15, -0.1) is 13.2 Å². The second-order valence-electron chi connectivity index (χ2n) is 4.63. The Balaban J connectivity index is 2.09. The topological polar surface area (TPSA) is 66.8 Å². The van der Waals surface area contributed by atoms with E-state index >= 15 is 0 Å². The van der Waals surface area contributed by atoms with Crippen LogP contribution in [0, 0.1) is 0 Å². The summed E-state index contributed by atoms with van der Waals surface area (Å²) in [4.78, 5) is 24.1. The lowest BCUT2D eigenvalue weighted by Crippen LogP contribution is -2.37. The molecule has 0 aromatic heterocycles. The van der Waals surface area contributed by atoms with Gasteiger partial charge in [-0.25, -0.2) is 0 Å². The summed E-state index contributed by atoms with van der Waals surface area (Å²) in [6.07, 6.45) is -3.34. The van der Waals surface area contributed by atoms with Crippen LogP contribution in [-0.4, -0.2) is 40.8 Å². The van der Waals surface area contributed by atoms with E-state index < -0.39 is 30.5 Å². The Morgan fingerprint density at radius 2 is 1.81 bits per heavy atom. The van der Waals surface area contributed by atoms with Crippen molar-refractivity contribution in [3.63, 3.8) is 0 Å². The second kappa shape index (κ2) is 5.63. The normalized spacial score (nSPS) is 14.6. The van der Waals surface area contributed by atoms with Gasteiger partial charge >= 0.3 is 12.3 Å². The van der Waals surface area contributed by atoms with Crippen molar-refractivity contribution in [2.24, 2.45) is 0 Å². The number of aliphatic carboxylic acids is 1. The van der Waals surface area contributed by atoms with Crippen LogP contribution in [0.15, 0.2) is 24.3 Å². The standard InChI is InChI=1S/C13H12F3NO4/c14-13(15,16)21-10-5-1-8(2-6-10)12(20)17(7-11(18)19)9-3-4-9/h1-2,5-6,9H,3-4,7H2,(H,18,19). The van der Waals surface area contributed by atoms with Crippen molar-refractivity contribution in [3.05, 3.63) is 29.8 Å². The van der Waals surface area contributed by atoms with Gasteiger partial charge in [0.05, 0.1) is 0 Å². The number of ether oxygens (including phenoxy) is 1. The molecule has 0 bridgehead atoms. The molecular weight excluding hydrogens is 291 g/mol. The maximum Gasteiger partial charge on any atom is 0.573 e. The Bertz CT molecular complexity index is 537. The zero-order valence-corrected chi connectivity index (χ0v) is 10.8. The molecule has 1 amide bonds. The van der Waals surface area contributed by atoms with Crippen LogP contribution in [0.1, 0.15) is 23.2 Å². The van der Waals surface area contributed by atoms with Crippen molar-refractivity contribution in [2.45, 2.75) is 25.2 Å². The molecule has 0 atom stereocenters. The molecule has 1 aromatic carbocycles. The summed E-state index contributed by atoms with van der Waals surface area (Å²) in [5.41, 5.74) is 0.123. The van der Waals surface area contributed by atoms with Gasteiger partial charge in [0.2, 0.25) is 0 Å². The van der Waals surface area contributed by atoms with Crippen LogP contribution < -0.4 is 4.74 Å². The second-order valence-corrected chi connectivity index (χ2v) is 4.63. The van der Waals surface area contributed by atoms with Crippen LogP contribution in [0.25, 0.3) is 0 Å². The number of alkyl halides is 3.